The lowest BCUT2D eigenvalue weighted by Gasteiger charge is -2.05. The molecule has 1 aromatic heterocycles. The summed E-state index contributed by atoms with van der Waals surface area (Å²) in [6, 6.07) is 4.92. The predicted molar refractivity (Wildman–Crippen MR) is 63.6 cm³/mol. The van der Waals surface area contributed by atoms with Crippen molar-refractivity contribution in [1.82, 2.24) is 9.97 Å². The number of halogens is 4. The monoisotopic (exact) mass is 328 g/mol. The van der Waals surface area contributed by atoms with Gasteiger partial charge in [0.25, 0.3) is 0 Å². The fourth-order valence-corrected chi connectivity index (χ4v) is 2.32. The van der Waals surface area contributed by atoms with Crippen molar-refractivity contribution in [1.29, 1.82) is 0 Å². The Morgan fingerprint density at radius 1 is 1.11 bits per heavy atom. The maximum atomic E-state index is 12.5. The topological polar surface area (TPSA) is 42.9 Å². The lowest BCUT2D eigenvalue weighted by molar-refractivity contribution is -0.145. The molecule has 0 unspecified atom stereocenters. The molecular formula is C12H4BrF3N2O. The molecule has 0 bridgehead atoms. The first kappa shape index (κ1) is 12.3. The minimum atomic E-state index is -4.66. The van der Waals surface area contributed by atoms with Gasteiger partial charge in [-0.2, -0.15) is 13.2 Å². The zero-order valence-electron chi connectivity index (χ0n) is 9.12. The van der Waals surface area contributed by atoms with Crippen LogP contribution in [-0.4, -0.2) is 15.8 Å². The molecule has 0 aliphatic heterocycles. The highest BCUT2D eigenvalue weighted by molar-refractivity contribution is 9.10. The van der Waals surface area contributed by atoms with Crippen molar-refractivity contribution in [2.45, 2.75) is 6.18 Å². The van der Waals surface area contributed by atoms with E-state index in [1.54, 1.807) is 18.2 Å². The Hall–Kier alpha value is -1.76. The standard InChI is InChI=1S/C12H4BrF3N2O/c13-5-1-2-6-7(3-5)10(19)9-8(6)4-17-11(18-9)12(14,15)16/h1-4H. The zero-order chi connectivity index (χ0) is 13.8. The van der Waals surface area contributed by atoms with Crippen LogP contribution in [0.4, 0.5) is 13.2 Å². The summed E-state index contributed by atoms with van der Waals surface area (Å²) in [7, 11) is 0. The third kappa shape index (κ3) is 1.85. The molecule has 2 aromatic rings. The zero-order valence-corrected chi connectivity index (χ0v) is 10.7. The molecule has 0 amide bonds. The molecule has 1 aliphatic carbocycles. The van der Waals surface area contributed by atoms with Crippen molar-refractivity contribution in [2.75, 3.05) is 0 Å². The number of alkyl halides is 3. The maximum Gasteiger partial charge on any atom is 0.451 e. The highest BCUT2D eigenvalue weighted by atomic mass is 79.9. The molecule has 3 rings (SSSR count). The molecule has 1 aromatic carbocycles. The Labute approximate surface area is 113 Å². The van der Waals surface area contributed by atoms with Crippen molar-refractivity contribution in [2.24, 2.45) is 0 Å². The van der Waals surface area contributed by atoms with E-state index < -0.39 is 17.8 Å². The van der Waals surface area contributed by atoms with Gasteiger partial charge in [-0.15, -0.1) is 0 Å². The van der Waals surface area contributed by atoms with Crippen LogP contribution >= 0.6 is 15.9 Å². The van der Waals surface area contributed by atoms with Gasteiger partial charge in [-0.3, -0.25) is 4.79 Å². The summed E-state index contributed by atoms with van der Waals surface area (Å²) in [5.41, 5.74) is 1.02. The lowest BCUT2D eigenvalue weighted by atomic mass is 10.1. The Morgan fingerprint density at radius 2 is 1.84 bits per heavy atom. The fraction of sp³-hybridized carbons (Fsp3) is 0.0833. The molecular weight excluding hydrogens is 325 g/mol. The molecule has 0 atom stereocenters. The van der Waals surface area contributed by atoms with Gasteiger partial charge in [0, 0.05) is 21.8 Å². The number of carbonyl (C=O) groups excluding carboxylic acids is 1. The molecule has 0 fully saturated rings. The van der Waals surface area contributed by atoms with Crippen molar-refractivity contribution >= 4 is 21.7 Å². The molecule has 1 aliphatic rings. The van der Waals surface area contributed by atoms with E-state index in [0.29, 0.717) is 21.2 Å². The van der Waals surface area contributed by atoms with Crippen molar-refractivity contribution in [3.8, 4) is 11.1 Å². The summed E-state index contributed by atoms with van der Waals surface area (Å²) < 4.78 is 38.3. The average molecular weight is 329 g/mol. The van der Waals surface area contributed by atoms with Gasteiger partial charge in [-0.05, 0) is 17.7 Å². The summed E-state index contributed by atoms with van der Waals surface area (Å²) in [5, 5.41) is 0. The number of hydrogen-bond acceptors (Lipinski definition) is 3. The number of hydrogen-bond donors (Lipinski definition) is 0. The summed E-state index contributed by atoms with van der Waals surface area (Å²) >= 11 is 3.22. The highest BCUT2D eigenvalue weighted by Gasteiger charge is 2.38. The first-order valence-electron chi connectivity index (χ1n) is 5.17. The first-order chi connectivity index (χ1) is 8.88. The van der Waals surface area contributed by atoms with E-state index in [1.807, 2.05) is 0 Å². The third-order valence-electron chi connectivity index (χ3n) is 2.77. The number of rotatable bonds is 0. The van der Waals surface area contributed by atoms with E-state index in [1.165, 1.54) is 0 Å². The van der Waals surface area contributed by atoms with Crippen molar-refractivity contribution in [3.05, 3.63) is 46.0 Å². The van der Waals surface area contributed by atoms with Crippen molar-refractivity contribution in [3.63, 3.8) is 0 Å². The minimum absolute atomic E-state index is 0.199. The average Bonchev–Trinajstić information content (AvgIpc) is 2.62. The lowest BCUT2D eigenvalue weighted by Crippen LogP contribution is -2.13. The molecule has 19 heavy (non-hydrogen) atoms. The van der Waals surface area contributed by atoms with E-state index in [0.717, 1.165) is 6.20 Å². The van der Waals surface area contributed by atoms with Gasteiger partial charge in [0.05, 0.1) is 0 Å². The van der Waals surface area contributed by atoms with Gasteiger partial charge in [-0.25, -0.2) is 9.97 Å². The van der Waals surface area contributed by atoms with E-state index in [2.05, 4.69) is 25.9 Å². The maximum absolute atomic E-state index is 12.5. The molecule has 0 N–H and O–H groups in total. The van der Waals surface area contributed by atoms with E-state index in [4.69, 9.17) is 0 Å². The number of carbonyl (C=O) groups is 1. The van der Waals surface area contributed by atoms with Crippen LogP contribution in [0.25, 0.3) is 11.1 Å². The Kier molecular flexibility index (Phi) is 2.50. The fourth-order valence-electron chi connectivity index (χ4n) is 1.96. The van der Waals surface area contributed by atoms with Crippen LogP contribution in [0.2, 0.25) is 0 Å². The largest absolute Gasteiger partial charge is 0.451 e. The number of aromatic nitrogens is 2. The molecule has 96 valence electrons. The van der Waals surface area contributed by atoms with Crippen LogP contribution in [0, 0.1) is 0 Å². The van der Waals surface area contributed by atoms with Gasteiger partial charge in [0.1, 0.15) is 5.69 Å². The Bertz CT molecular complexity index is 713. The summed E-state index contributed by atoms with van der Waals surface area (Å²) in [6.45, 7) is 0. The number of benzene rings is 1. The van der Waals surface area contributed by atoms with Gasteiger partial charge in [-0.1, -0.05) is 22.0 Å². The van der Waals surface area contributed by atoms with Gasteiger partial charge >= 0.3 is 6.18 Å². The van der Waals surface area contributed by atoms with Crippen molar-refractivity contribution < 1.29 is 18.0 Å². The highest BCUT2D eigenvalue weighted by Crippen LogP contribution is 2.37. The SMILES string of the molecule is O=C1c2cc(Br)ccc2-c2cnc(C(F)(F)F)nc21. The number of fused-ring (bicyclic) bond motifs is 3. The summed E-state index contributed by atoms with van der Waals surface area (Å²) in [6.07, 6.45) is -3.62. The van der Waals surface area contributed by atoms with Gasteiger partial charge in [0.15, 0.2) is 0 Å². The second-order valence-corrected chi connectivity index (χ2v) is 4.89. The number of nitrogens with zero attached hydrogens (tertiary/aromatic N) is 2. The summed E-state index contributed by atoms with van der Waals surface area (Å²) in [5.74, 6) is -1.81. The Morgan fingerprint density at radius 3 is 2.53 bits per heavy atom. The van der Waals surface area contributed by atoms with Crippen LogP contribution in [0.5, 0.6) is 0 Å². The molecule has 7 heteroatoms. The van der Waals surface area contributed by atoms with Crippen LogP contribution < -0.4 is 0 Å². The van der Waals surface area contributed by atoms with Gasteiger partial charge < -0.3 is 0 Å². The molecule has 0 radical (unpaired) electrons. The first-order valence-corrected chi connectivity index (χ1v) is 5.96. The van der Waals surface area contributed by atoms with E-state index >= 15 is 0 Å². The smallest absolute Gasteiger partial charge is 0.287 e. The second kappa shape index (κ2) is 3.86. The van der Waals surface area contributed by atoms with E-state index in [-0.39, 0.29) is 5.69 Å². The molecule has 1 heterocycles. The number of ketones is 1. The van der Waals surface area contributed by atoms with Crippen LogP contribution in [0.3, 0.4) is 0 Å². The Balaban J connectivity index is 2.22. The molecule has 0 spiro atoms. The second-order valence-electron chi connectivity index (χ2n) is 3.97. The van der Waals surface area contributed by atoms with Crippen LogP contribution in [0.15, 0.2) is 28.9 Å². The predicted octanol–water partition coefficient (Wildman–Crippen LogP) is 3.47. The van der Waals surface area contributed by atoms with Crippen LogP contribution in [0.1, 0.15) is 21.9 Å². The molecule has 0 saturated heterocycles. The third-order valence-corrected chi connectivity index (χ3v) is 3.27. The molecule has 3 nitrogen and oxygen atoms in total. The minimum Gasteiger partial charge on any atom is -0.287 e. The quantitative estimate of drug-likeness (QED) is 0.634. The normalized spacial score (nSPS) is 13.4. The van der Waals surface area contributed by atoms with Crippen LogP contribution in [-0.2, 0) is 6.18 Å². The van der Waals surface area contributed by atoms with Gasteiger partial charge in [0.2, 0.25) is 11.6 Å². The van der Waals surface area contributed by atoms with E-state index in [9.17, 15) is 18.0 Å². The summed E-state index contributed by atoms with van der Waals surface area (Å²) in [4.78, 5) is 18.7. The molecule has 0 saturated carbocycles.